The summed E-state index contributed by atoms with van der Waals surface area (Å²) in [5.74, 6) is -1.47. The number of likely N-dealkylation sites (tertiary alicyclic amines) is 1. The number of carboxylic acid groups (broad SMARTS) is 1. The van der Waals surface area contributed by atoms with E-state index in [0.717, 1.165) is 12.1 Å². The highest BCUT2D eigenvalue weighted by Gasteiger charge is 2.32. The van der Waals surface area contributed by atoms with Crippen molar-refractivity contribution >= 4 is 11.9 Å². The summed E-state index contributed by atoms with van der Waals surface area (Å²) in [4.78, 5) is 24.3. The second kappa shape index (κ2) is 4.57. The van der Waals surface area contributed by atoms with Crippen LogP contribution >= 0.6 is 0 Å². The van der Waals surface area contributed by atoms with Crippen molar-refractivity contribution in [1.29, 1.82) is 0 Å². The number of amides is 1. The topological polar surface area (TPSA) is 86.3 Å². The van der Waals surface area contributed by atoms with E-state index < -0.39 is 11.9 Å². The maximum Gasteiger partial charge on any atom is 0.308 e. The summed E-state index contributed by atoms with van der Waals surface area (Å²) >= 11 is 0. The number of aromatic amines is 1. The Hall–Kier alpha value is -1.85. The fourth-order valence-electron chi connectivity index (χ4n) is 1.96. The number of carbonyl (C=O) groups excluding carboxylic acids is 1. The van der Waals surface area contributed by atoms with Gasteiger partial charge in [-0.15, -0.1) is 0 Å². The molecule has 0 saturated carbocycles. The number of hydrogen-bond acceptors (Lipinski definition) is 3. The Morgan fingerprint density at radius 2 is 2.41 bits per heavy atom. The van der Waals surface area contributed by atoms with Crippen LogP contribution in [0.5, 0.6) is 0 Å². The molecule has 6 nitrogen and oxygen atoms in total. The van der Waals surface area contributed by atoms with Crippen LogP contribution in [-0.4, -0.2) is 45.2 Å². The van der Waals surface area contributed by atoms with E-state index in [2.05, 4.69) is 10.2 Å². The fourth-order valence-corrected chi connectivity index (χ4v) is 1.96. The third-order valence-electron chi connectivity index (χ3n) is 3.06. The van der Waals surface area contributed by atoms with Crippen LogP contribution in [0.25, 0.3) is 0 Å². The molecule has 0 spiro atoms. The minimum Gasteiger partial charge on any atom is -0.481 e. The van der Waals surface area contributed by atoms with Crippen LogP contribution in [0, 0.1) is 5.92 Å². The third kappa shape index (κ3) is 2.30. The number of carboxylic acids is 1. The molecule has 1 saturated heterocycles. The monoisotopic (exact) mass is 237 g/mol. The number of carbonyl (C=O) groups is 2. The smallest absolute Gasteiger partial charge is 0.308 e. The first-order chi connectivity index (χ1) is 8.11. The number of H-pyrrole nitrogens is 1. The van der Waals surface area contributed by atoms with Gasteiger partial charge in [0.1, 0.15) is 5.69 Å². The van der Waals surface area contributed by atoms with E-state index in [4.69, 9.17) is 5.11 Å². The zero-order chi connectivity index (χ0) is 12.4. The standard InChI is InChI=1S/C11H15N3O3/c1-2-8-5-9(13-12-8)10(15)14-4-3-7(6-14)11(16)17/h5,7H,2-4,6H2,1H3,(H,12,13)(H,16,17). The second-order valence-corrected chi connectivity index (χ2v) is 4.21. The molecule has 1 fully saturated rings. The van der Waals surface area contributed by atoms with Gasteiger partial charge in [0, 0.05) is 18.8 Å². The van der Waals surface area contributed by atoms with E-state index in [9.17, 15) is 9.59 Å². The maximum atomic E-state index is 12.0. The van der Waals surface area contributed by atoms with Crippen molar-refractivity contribution in [3.8, 4) is 0 Å². The minimum atomic E-state index is -0.837. The molecule has 1 amide bonds. The molecule has 17 heavy (non-hydrogen) atoms. The van der Waals surface area contributed by atoms with E-state index in [-0.39, 0.29) is 12.5 Å². The number of aromatic nitrogens is 2. The zero-order valence-electron chi connectivity index (χ0n) is 9.64. The van der Waals surface area contributed by atoms with Crippen molar-refractivity contribution in [2.75, 3.05) is 13.1 Å². The lowest BCUT2D eigenvalue weighted by Gasteiger charge is -2.13. The average Bonchev–Trinajstić information content (AvgIpc) is 2.97. The van der Waals surface area contributed by atoms with Gasteiger partial charge in [-0.2, -0.15) is 5.10 Å². The molecule has 0 radical (unpaired) electrons. The molecule has 0 bridgehead atoms. The summed E-state index contributed by atoms with van der Waals surface area (Å²) in [6.45, 7) is 2.74. The highest BCUT2D eigenvalue weighted by Crippen LogP contribution is 2.18. The van der Waals surface area contributed by atoms with E-state index >= 15 is 0 Å². The summed E-state index contributed by atoms with van der Waals surface area (Å²) in [5.41, 5.74) is 1.27. The van der Waals surface area contributed by atoms with Crippen molar-refractivity contribution in [1.82, 2.24) is 15.1 Å². The van der Waals surface area contributed by atoms with E-state index in [1.54, 1.807) is 11.0 Å². The van der Waals surface area contributed by atoms with Crippen LogP contribution in [0.1, 0.15) is 29.5 Å². The van der Waals surface area contributed by atoms with E-state index in [1.165, 1.54) is 0 Å². The average molecular weight is 237 g/mol. The normalized spacial score (nSPS) is 19.6. The summed E-state index contributed by atoms with van der Waals surface area (Å²) in [5, 5.41) is 15.6. The van der Waals surface area contributed by atoms with Crippen molar-refractivity contribution in [2.24, 2.45) is 5.92 Å². The van der Waals surface area contributed by atoms with Crippen LogP contribution in [-0.2, 0) is 11.2 Å². The Morgan fingerprint density at radius 3 is 2.94 bits per heavy atom. The molecule has 92 valence electrons. The molecule has 2 rings (SSSR count). The van der Waals surface area contributed by atoms with Crippen molar-refractivity contribution in [3.63, 3.8) is 0 Å². The molecule has 1 unspecified atom stereocenters. The first-order valence-electron chi connectivity index (χ1n) is 5.68. The quantitative estimate of drug-likeness (QED) is 0.802. The number of aliphatic carboxylic acids is 1. The van der Waals surface area contributed by atoms with Crippen LogP contribution < -0.4 is 0 Å². The van der Waals surface area contributed by atoms with Crippen LogP contribution in [0.2, 0.25) is 0 Å². The first-order valence-corrected chi connectivity index (χ1v) is 5.68. The first kappa shape index (κ1) is 11.6. The van der Waals surface area contributed by atoms with Crippen molar-refractivity contribution in [3.05, 3.63) is 17.5 Å². The molecule has 6 heteroatoms. The summed E-state index contributed by atoms with van der Waals surface area (Å²) in [6.07, 6.45) is 1.31. The van der Waals surface area contributed by atoms with Gasteiger partial charge < -0.3 is 10.0 Å². The summed E-state index contributed by atoms with van der Waals surface area (Å²) in [6, 6.07) is 1.72. The van der Waals surface area contributed by atoms with Crippen LogP contribution in [0.3, 0.4) is 0 Å². The number of aryl methyl sites for hydroxylation is 1. The number of nitrogens with zero attached hydrogens (tertiary/aromatic N) is 2. The molecule has 2 heterocycles. The third-order valence-corrected chi connectivity index (χ3v) is 3.06. The Labute approximate surface area is 98.6 Å². The lowest BCUT2D eigenvalue weighted by molar-refractivity contribution is -0.141. The Balaban J connectivity index is 2.04. The number of nitrogens with one attached hydrogen (secondary N) is 1. The van der Waals surface area contributed by atoms with Crippen molar-refractivity contribution < 1.29 is 14.7 Å². The molecule has 1 aliphatic rings. The molecule has 0 aliphatic carbocycles. The molecular weight excluding hydrogens is 222 g/mol. The fraction of sp³-hybridized carbons (Fsp3) is 0.545. The van der Waals surface area contributed by atoms with Crippen LogP contribution in [0.15, 0.2) is 6.07 Å². The van der Waals surface area contributed by atoms with Gasteiger partial charge in [0.2, 0.25) is 0 Å². The molecule has 1 aromatic heterocycles. The van der Waals surface area contributed by atoms with Crippen molar-refractivity contribution in [2.45, 2.75) is 19.8 Å². The summed E-state index contributed by atoms with van der Waals surface area (Å²) in [7, 11) is 0. The Bertz CT molecular complexity index is 441. The molecule has 0 aromatic carbocycles. The Kier molecular flexibility index (Phi) is 3.12. The molecule has 1 aromatic rings. The highest BCUT2D eigenvalue weighted by atomic mass is 16.4. The van der Waals surface area contributed by atoms with Gasteiger partial charge >= 0.3 is 5.97 Å². The van der Waals surface area contributed by atoms with Gasteiger partial charge in [0.15, 0.2) is 0 Å². The SMILES string of the molecule is CCc1cc(C(=O)N2CCC(C(=O)O)C2)n[nH]1. The number of rotatable bonds is 3. The summed E-state index contributed by atoms with van der Waals surface area (Å²) < 4.78 is 0. The van der Waals surface area contributed by atoms with Gasteiger partial charge in [0.05, 0.1) is 5.92 Å². The lowest BCUT2D eigenvalue weighted by atomic mass is 10.1. The zero-order valence-corrected chi connectivity index (χ0v) is 9.64. The highest BCUT2D eigenvalue weighted by molar-refractivity contribution is 5.93. The molecular formula is C11H15N3O3. The van der Waals surface area contributed by atoms with Gasteiger partial charge in [-0.1, -0.05) is 6.92 Å². The van der Waals surface area contributed by atoms with Gasteiger partial charge in [-0.05, 0) is 18.9 Å². The second-order valence-electron chi connectivity index (χ2n) is 4.21. The largest absolute Gasteiger partial charge is 0.481 e. The van der Waals surface area contributed by atoms with Gasteiger partial charge in [0.25, 0.3) is 5.91 Å². The molecule has 1 atom stereocenters. The van der Waals surface area contributed by atoms with E-state index in [1.807, 2.05) is 6.92 Å². The predicted molar refractivity (Wildman–Crippen MR) is 59.6 cm³/mol. The number of hydrogen-bond donors (Lipinski definition) is 2. The van der Waals surface area contributed by atoms with Gasteiger partial charge in [-0.3, -0.25) is 14.7 Å². The Morgan fingerprint density at radius 1 is 1.65 bits per heavy atom. The lowest BCUT2D eigenvalue weighted by Crippen LogP contribution is -2.30. The van der Waals surface area contributed by atoms with Gasteiger partial charge in [-0.25, -0.2) is 0 Å². The minimum absolute atomic E-state index is 0.190. The predicted octanol–water partition coefficient (Wildman–Crippen LogP) is 0.519. The molecule has 1 aliphatic heterocycles. The molecule has 2 N–H and O–H groups in total. The van der Waals surface area contributed by atoms with Crippen LogP contribution in [0.4, 0.5) is 0 Å². The van der Waals surface area contributed by atoms with E-state index in [0.29, 0.717) is 18.7 Å². The maximum absolute atomic E-state index is 12.0.